The van der Waals surface area contributed by atoms with Crippen LogP contribution in [0.3, 0.4) is 0 Å². The zero-order valence-corrected chi connectivity index (χ0v) is 15.7. The normalized spacial score (nSPS) is 18.5. The Bertz CT molecular complexity index is 492. The van der Waals surface area contributed by atoms with Crippen LogP contribution in [-0.4, -0.2) is 33.5 Å². The molecule has 4 heteroatoms. The number of carbonyl (C=O) groups is 1. The first-order valence-electron chi connectivity index (χ1n) is 10.1. The quantitative estimate of drug-likeness (QED) is 0.594. The highest BCUT2D eigenvalue weighted by molar-refractivity contribution is 5.77. The van der Waals surface area contributed by atoms with Crippen molar-refractivity contribution in [2.24, 2.45) is 0 Å². The molecule has 140 valence electrons. The second-order valence-electron chi connectivity index (χ2n) is 7.30. The molecule has 1 saturated heterocycles. The maximum atomic E-state index is 12.6. The summed E-state index contributed by atoms with van der Waals surface area (Å²) in [6.07, 6.45) is 14.8. The number of pyridine rings is 1. The van der Waals surface area contributed by atoms with Crippen molar-refractivity contribution < 1.29 is 9.90 Å². The second kappa shape index (κ2) is 11.2. The molecule has 2 heterocycles. The van der Waals surface area contributed by atoms with Gasteiger partial charge in [-0.1, -0.05) is 57.9 Å². The van der Waals surface area contributed by atoms with E-state index in [1.165, 1.54) is 32.1 Å². The molecule has 1 aliphatic heterocycles. The molecule has 2 atom stereocenters. The van der Waals surface area contributed by atoms with Crippen molar-refractivity contribution >= 4 is 5.91 Å². The summed E-state index contributed by atoms with van der Waals surface area (Å²) < 4.78 is 0. The van der Waals surface area contributed by atoms with Crippen LogP contribution in [0.25, 0.3) is 0 Å². The van der Waals surface area contributed by atoms with E-state index in [2.05, 4.69) is 11.9 Å². The highest BCUT2D eigenvalue weighted by atomic mass is 16.3. The van der Waals surface area contributed by atoms with Gasteiger partial charge in [0.25, 0.3) is 0 Å². The molecule has 1 N–H and O–H groups in total. The highest BCUT2D eigenvalue weighted by Gasteiger charge is 2.30. The van der Waals surface area contributed by atoms with Crippen LogP contribution in [0.4, 0.5) is 0 Å². The van der Waals surface area contributed by atoms with Crippen molar-refractivity contribution in [3.05, 3.63) is 30.1 Å². The van der Waals surface area contributed by atoms with Gasteiger partial charge >= 0.3 is 0 Å². The molecule has 1 aromatic heterocycles. The standard InChI is InChI=1S/C21H34N2O2/c1-2-3-4-5-6-7-8-12-19(24)16-21(25)23-15-10-13-20(23)18-11-9-14-22-17-18/h9,11,14,17,19-20,24H,2-8,10,12-13,15-16H2,1H3/t19-,20-/m0/s1. The number of hydrogen-bond acceptors (Lipinski definition) is 3. The average Bonchev–Trinajstić information content (AvgIpc) is 3.11. The third kappa shape index (κ3) is 6.77. The molecular weight excluding hydrogens is 312 g/mol. The first-order valence-corrected chi connectivity index (χ1v) is 10.1. The van der Waals surface area contributed by atoms with E-state index in [4.69, 9.17) is 0 Å². The molecule has 0 aromatic carbocycles. The van der Waals surface area contributed by atoms with Crippen LogP contribution in [0.5, 0.6) is 0 Å². The molecule has 0 radical (unpaired) electrons. The molecule has 0 aliphatic carbocycles. The lowest BCUT2D eigenvalue weighted by Gasteiger charge is -2.26. The zero-order chi connectivity index (χ0) is 17.9. The summed E-state index contributed by atoms with van der Waals surface area (Å²) in [6.45, 7) is 3.02. The zero-order valence-electron chi connectivity index (χ0n) is 15.7. The van der Waals surface area contributed by atoms with Gasteiger partial charge in [0.1, 0.15) is 0 Å². The summed E-state index contributed by atoms with van der Waals surface area (Å²) in [4.78, 5) is 18.7. The van der Waals surface area contributed by atoms with E-state index in [-0.39, 0.29) is 18.4 Å². The van der Waals surface area contributed by atoms with E-state index < -0.39 is 6.10 Å². The first-order chi connectivity index (χ1) is 12.2. The summed E-state index contributed by atoms with van der Waals surface area (Å²) in [5.41, 5.74) is 1.11. The van der Waals surface area contributed by atoms with Crippen molar-refractivity contribution in [3.63, 3.8) is 0 Å². The number of aliphatic hydroxyl groups is 1. The molecule has 2 rings (SSSR count). The molecule has 1 amide bonds. The summed E-state index contributed by atoms with van der Waals surface area (Å²) in [5.74, 6) is 0.0850. The van der Waals surface area contributed by atoms with Gasteiger partial charge in [-0.15, -0.1) is 0 Å². The number of amides is 1. The minimum atomic E-state index is -0.502. The van der Waals surface area contributed by atoms with Crippen LogP contribution in [0.1, 0.15) is 89.2 Å². The Labute approximate surface area is 152 Å². The van der Waals surface area contributed by atoms with E-state index in [1.54, 1.807) is 6.20 Å². The lowest BCUT2D eigenvalue weighted by molar-refractivity contribution is -0.134. The Hall–Kier alpha value is -1.42. The number of aliphatic hydroxyl groups excluding tert-OH is 1. The van der Waals surface area contributed by atoms with Crippen molar-refractivity contribution in [2.45, 2.75) is 89.7 Å². The Morgan fingerprint density at radius 3 is 2.76 bits per heavy atom. The molecule has 0 bridgehead atoms. The Kier molecular flexibility index (Phi) is 8.95. The van der Waals surface area contributed by atoms with Gasteiger partial charge in [-0.3, -0.25) is 9.78 Å². The van der Waals surface area contributed by atoms with Crippen LogP contribution in [0, 0.1) is 0 Å². The van der Waals surface area contributed by atoms with Gasteiger partial charge in [0.05, 0.1) is 18.6 Å². The van der Waals surface area contributed by atoms with Gasteiger partial charge in [-0.25, -0.2) is 0 Å². The van der Waals surface area contributed by atoms with Crippen molar-refractivity contribution in [1.82, 2.24) is 9.88 Å². The average molecular weight is 347 g/mol. The van der Waals surface area contributed by atoms with Crippen LogP contribution >= 0.6 is 0 Å². The SMILES string of the molecule is CCCCCCCCC[C@H](O)CC(=O)N1CCC[C@H]1c1cccnc1. The van der Waals surface area contributed by atoms with Crippen LogP contribution < -0.4 is 0 Å². The lowest BCUT2D eigenvalue weighted by atomic mass is 10.0. The molecule has 25 heavy (non-hydrogen) atoms. The Balaban J connectivity index is 1.68. The van der Waals surface area contributed by atoms with E-state index in [9.17, 15) is 9.90 Å². The second-order valence-corrected chi connectivity index (χ2v) is 7.30. The van der Waals surface area contributed by atoms with Gasteiger partial charge in [-0.2, -0.15) is 0 Å². The smallest absolute Gasteiger partial charge is 0.225 e. The number of rotatable bonds is 11. The van der Waals surface area contributed by atoms with Crippen LogP contribution in [0.2, 0.25) is 0 Å². The fourth-order valence-corrected chi connectivity index (χ4v) is 3.74. The molecular formula is C21H34N2O2. The number of likely N-dealkylation sites (tertiary alicyclic amines) is 1. The summed E-state index contributed by atoms with van der Waals surface area (Å²) >= 11 is 0. The molecule has 0 unspecified atom stereocenters. The first kappa shape index (κ1) is 19.9. The number of unbranched alkanes of at least 4 members (excludes halogenated alkanes) is 6. The molecule has 1 aromatic rings. The van der Waals surface area contributed by atoms with E-state index in [1.807, 2.05) is 23.2 Å². The predicted molar refractivity (Wildman–Crippen MR) is 101 cm³/mol. The molecule has 4 nitrogen and oxygen atoms in total. The topological polar surface area (TPSA) is 53.4 Å². The summed E-state index contributed by atoms with van der Waals surface area (Å²) in [5, 5.41) is 10.2. The number of aromatic nitrogens is 1. The summed E-state index contributed by atoms with van der Waals surface area (Å²) in [6, 6.07) is 4.09. The molecule has 1 fully saturated rings. The van der Waals surface area contributed by atoms with E-state index in [0.717, 1.165) is 44.2 Å². The van der Waals surface area contributed by atoms with Crippen molar-refractivity contribution in [1.29, 1.82) is 0 Å². The molecule has 1 aliphatic rings. The van der Waals surface area contributed by atoms with Crippen molar-refractivity contribution in [2.75, 3.05) is 6.54 Å². The number of hydrogen-bond donors (Lipinski definition) is 1. The fourth-order valence-electron chi connectivity index (χ4n) is 3.74. The largest absolute Gasteiger partial charge is 0.393 e. The van der Waals surface area contributed by atoms with Crippen LogP contribution in [-0.2, 0) is 4.79 Å². The maximum absolute atomic E-state index is 12.6. The predicted octanol–water partition coefficient (Wildman–Crippen LogP) is 4.64. The highest BCUT2D eigenvalue weighted by Crippen LogP contribution is 2.32. The van der Waals surface area contributed by atoms with Gasteiger partial charge < -0.3 is 10.0 Å². The Morgan fingerprint density at radius 2 is 2.04 bits per heavy atom. The molecule has 0 saturated carbocycles. The third-order valence-electron chi connectivity index (χ3n) is 5.19. The van der Waals surface area contributed by atoms with Gasteiger partial charge in [0.15, 0.2) is 0 Å². The monoisotopic (exact) mass is 346 g/mol. The minimum absolute atomic E-state index is 0.0850. The van der Waals surface area contributed by atoms with Crippen LogP contribution in [0.15, 0.2) is 24.5 Å². The molecule has 0 spiro atoms. The third-order valence-corrected chi connectivity index (χ3v) is 5.19. The maximum Gasteiger partial charge on any atom is 0.225 e. The van der Waals surface area contributed by atoms with Crippen molar-refractivity contribution in [3.8, 4) is 0 Å². The minimum Gasteiger partial charge on any atom is -0.393 e. The van der Waals surface area contributed by atoms with Gasteiger partial charge in [-0.05, 0) is 30.9 Å². The number of nitrogens with zero attached hydrogens (tertiary/aromatic N) is 2. The van der Waals surface area contributed by atoms with E-state index in [0.29, 0.717) is 0 Å². The van der Waals surface area contributed by atoms with Gasteiger partial charge in [0.2, 0.25) is 5.91 Å². The van der Waals surface area contributed by atoms with Gasteiger partial charge in [0, 0.05) is 18.9 Å². The summed E-state index contributed by atoms with van der Waals surface area (Å²) in [7, 11) is 0. The lowest BCUT2D eigenvalue weighted by Crippen LogP contribution is -2.33. The Morgan fingerprint density at radius 1 is 1.28 bits per heavy atom. The fraction of sp³-hybridized carbons (Fsp3) is 0.714. The number of carbonyl (C=O) groups excluding carboxylic acids is 1. The van der Waals surface area contributed by atoms with E-state index >= 15 is 0 Å².